The molecule has 37 heavy (non-hydrogen) atoms. The Bertz CT molecular complexity index is 1570. The van der Waals surface area contributed by atoms with Gasteiger partial charge in [0.2, 0.25) is 0 Å². The van der Waals surface area contributed by atoms with Crippen molar-refractivity contribution < 1.29 is 19.0 Å². The van der Waals surface area contributed by atoms with Crippen molar-refractivity contribution in [2.24, 2.45) is 4.99 Å². The van der Waals surface area contributed by atoms with Crippen LogP contribution in [0.1, 0.15) is 31.0 Å². The van der Waals surface area contributed by atoms with Gasteiger partial charge < -0.3 is 14.2 Å². The van der Waals surface area contributed by atoms with E-state index >= 15 is 0 Å². The number of esters is 1. The number of carbonyl (C=O) groups is 1. The molecule has 192 valence electrons. The fraction of sp³-hybridized carbons (Fsp3) is 0.222. The van der Waals surface area contributed by atoms with Gasteiger partial charge in [0, 0.05) is 10.0 Å². The second-order valence-electron chi connectivity index (χ2n) is 7.98. The second kappa shape index (κ2) is 11.6. The first kappa shape index (κ1) is 27.1. The average molecular weight is 648 g/mol. The van der Waals surface area contributed by atoms with E-state index in [9.17, 15) is 9.59 Å². The van der Waals surface area contributed by atoms with Gasteiger partial charge in [0.25, 0.3) is 5.56 Å². The van der Waals surface area contributed by atoms with E-state index in [1.807, 2.05) is 24.3 Å². The van der Waals surface area contributed by atoms with Crippen molar-refractivity contribution in [1.82, 2.24) is 4.57 Å². The zero-order valence-corrected chi connectivity index (χ0v) is 24.4. The third-order valence-electron chi connectivity index (χ3n) is 5.61. The van der Waals surface area contributed by atoms with E-state index < -0.39 is 12.0 Å². The van der Waals surface area contributed by atoms with Crippen LogP contribution in [-0.4, -0.2) is 30.9 Å². The minimum absolute atomic E-state index is 0.207. The standard InChI is InChI=1S/C27H24Br2N2O5S/c1-5-11-36-19-9-7-16(8-10-19)23-22(26(33)35-6-2)15(3)30-27-31(23)25(32)21(37-27)13-17-12-18(28)14-20(29)24(17)34-4/h5,7-10,12-14,23H,1,6,11H2,2-4H3/b21-13-/t23-/m0/s1. The molecule has 10 heteroatoms. The van der Waals surface area contributed by atoms with Crippen LogP contribution >= 0.6 is 43.2 Å². The third-order valence-corrected chi connectivity index (χ3v) is 7.64. The van der Waals surface area contributed by atoms with Crippen molar-refractivity contribution in [1.29, 1.82) is 0 Å². The monoisotopic (exact) mass is 646 g/mol. The van der Waals surface area contributed by atoms with Gasteiger partial charge >= 0.3 is 5.97 Å². The minimum Gasteiger partial charge on any atom is -0.495 e. The maximum Gasteiger partial charge on any atom is 0.338 e. The van der Waals surface area contributed by atoms with Gasteiger partial charge in [0.1, 0.15) is 18.1 Å². The van der Waals surface area contributed by atoms with Gasteiger partial charge in [0.05, 0.1) is 40.0 Å². The molecule has 3 aromatic rings. The Kier molecular flexibility index (Phi) is 8.51. The number of halogens is 2. The summed E-state index contributed by atoms with van der Waals surface area (Å²) in [4.78, 5) is 32.0. The number of methoxy groups -OCH3 is 1. The van der Waals surface area contributed by atoms with E-state index in [2.05, 4.69) is 43.4 Å². The van der Waals surface area contributed by atoms with Crippen molar-refractivity contribution in [3.8, 4) is 11.5 Å². The molecule has 1 atom stereocenters. The highest BCUT2D eigenvalue weighted by atomic mass is 79.9. The second-order valence-corrected chi connectivity index (χ2v) is 10.8. The van der Waals surface area contributed by atoms with Crippen LogP contribution in [0.25, 0.3) is 6.08 Å². The lowest BCUT2D eigenvalue weighted by molar-refractivity contribution is -0.139. The van der Waals surface area contributed by atoms with Crippen LogP contribution in [0.2, 0.25) is 0 Å². The Labute approximate surface area is 234 Å². The average Bonchev–Trinajstić information content (AvgIpc) is 3.16. The van der Waals surface area contributed by atoms with E-state index in [1.165, 1.54) is 11.3 Å². The van der Waals surface area contributed by atoms with Crippen LogP contribution < -0.4 is 24.4 Å². The lowest BCUT2D eigenvalue weighted by Crippen LogP contribution is -2.39. The molecule has 2 heterocycles. The molecule has 0 spiro atoms. The van der Waals surface area contributed by atoms with Gasteiger partial charge in [-0.05, 0) is 65.7 Å². The molecular weight excluding hydrogens is 624 g/mol. The van der Waals surface area contributed by atoms with Crippen molar-refractivity contribution in [2.75, 3.05) is 20.3 Å². The van der Waals surface area contributed by atoms with Gasteiger partial charge in [-0.1, -0.05) is 52.1 Å². The number of ether oxygens (including phenoxy) is 3. The Morgan fingerprint density at radius 1 is 1.24 bits per heavy atom. The SMILES string of the molecule is C=CCOc1ccc([C@H]2C(C(=O)OCC)=C(C)N=c3s/c(=C\c4cc(Br)cc(Br)c4OC)c(=O)n32)cc1. The summed E-state index contributed by atoms with van der Waals surface area (Å²) in [5, 5.41) is 0. The molecular formula is C27H24Br2N2O5S. The summed E-state index contributed by atoms with van der Waals surface area (Å²) in [5.41, 5.74) is 2.01. The smallest absolute Gasteiger partial charge is 0.338 e. The molecule has 2 aromatic carbocycles. The molecule has 0 N–H and O–H groups in total. The molecule has 0 fully saturated rings. The maximum atomic E-state index is 13.8. The zero-order chi connectivity index (χ0) is 26.7. The molecule has 1 aliphatic rings. The van der Waals surface area contributed by atoms with Crippen LogP contribution in [0.4, 0.5) is 0 Å². The Morgan fingerprint density at radius 3 is 2.62 bits per heavy atom. The Morgan fingerprint density at radius 2 is 1.97 bits per heavy atom. The summed E-state index contributed by atoms with van der Waals surface area (Å²) < 4.78 is 20.1. The Balaban J connectivity index is 1.93. The molecule has 0 saturated heterocycles. The third kappa shape index (κ3) is 5.51. The summed E-state index contributed by atoms with van der Waals surface area (Å²) in [5.74, 6) is 0.749. The number of fused-ring (bicyclic) bond motifs is 1. The number of thiazole rings is 1. The van der Waals surface area contributed by atoms with E-state index in [0.29, 0.717) is 38.7 Å². The number of benzene rings is 2. The van der Waals surface area contributed by atoms with Crippen LogP contribution in [0.3, 0.4) is 0 Å². The highest BCUT2D eigenvalue weighted by molar-refractivity contribution is 9.11. The number of allylic oxidation sites excluding steroid dienone is 1. The number of aromatic nitrogens is 1. The van der Waals surface area contributed by atoms with E-state index in [-0.39, 0.29) is 12.2 Å². The molecule has 0 unspecified atom stereocenters. The van der Waals surface area contributed by atoms with Crippen LogP contribution in [-0.2, 0) is 9.53 Å². The molecule has 0 amide bonds. The fourth-order valence-corrected chi connectivity index (χ4v) is 6.51. The Hall–Kier alpha value is -2.95. The van der Waals surface area contributed by atoms with E-state index in [1.54, 1.807) is 49.8 Å². The highest BCUT2D eigenvalue weighted by Crippen LogP contribution is 2.34. The summed E-state index contributed by atoms with van der Waals surface area (Å²) in [6, 6.07) is 10.3. The first-order valence-corrected chi connectivity index (χ1v) is 13.8. The first-order valence-electron chi connectivity index (χ1n) is 11.3. The lowest BCUT2D eigenvalue weighted by atomic mass is 9.96. The van der Waals surface area contributed by atoms with E-state index in [4.69, 9.17) is 14.2 Å². The number of hydrogen-bond acceptors (Lipinski definition) is 7. The van der Waals surface area contributed by atoms with Crippen LogP contribution in [0.5, 0.6) is 11.5 Å². The number of carbonyl (C=O) groups excluding carboxylic acids is 1. The minimum atomic E-state index is -0.706. The van der Waals surface area contributed by atoms with Crippen LogP contribution in [0, 0.1) is 0 Å². The summed E-state index contributed by atoms with van der Waals surface area (Å²) in [6.45, 7) is 7.74. The van der Waals surface area contributed by atoms with Crippen molar-refractivity contribution in [3.63, 3.8) is 0 Å². The van der Waals surface area contributed by atoms with Crippen molar-refractivity contribution in [3.05, 3.63) is 100 Å². The molecule has 4 rings (SSSR count). The summed E-state index contributed by atoms with van der Waals surface area (Å²) in [6.07, 6.45) is 3.43. The topological polar surface area (TPSA) is 79.1 Å². The van der Waals surface area contributed by atoms with E-state index in [0.717, 1.165) is 20.1 Å². The number of rotatable bonds is 8. The molecule has 0 saturated carbocycles. The molecule has 7 nitrogen and oxygen atoms in total. The van der Waals surface area contributed by atoms with Gasteiger partial charge in [-0.25, -0.2) is 9.79 Å². The quantitative estimate of drug-likeness (QED) is 0.257. The van der Waals surface area contributed by atoms with Gasteiger partial charge in [0.15, 0.2) is 4.80 Å². The fourth-order valence-electron chi connectivity index (χ4n) is 4.05. The molecule has 1 aromatic heterocycles. The summed E-state index contributed by atoms with van der Waals surface area (Å²) >= 11 is 8.25. The molecule has 0 aliphatic carbocycles. The van der Waals surface area contributed by atoms with Gasteiger partial charge in [-0.15, -0.1) is 0 Å². The lowest BCUT2D eigenvalue weighted by Gasteiger charge is -2.24. The maximum absolute atomic E-state index is 13.8. The van der Waals surface area contributed by atoms with Crippen molar-refractivity contribution >= 4 is 55.2 Å². The summed E-state index contributed by atoms with van der Waals surface area (Å²) in [7, 11) is 1.57. The molecule has 0 bridgehead atoms. The van der Waals surface area contributed by atoms with Gasteiger partial charge in [-0.2, -0.15) is 0 Å². The predicted molar refractivity (Wildman–Crippen MR) is 151 cm³/mol. The highest BCUT2D eigenvalue weighted by Gasteiger charge is 2.33. The van der Waals surface area contributed by atoms with Gasteiger partial charge in [-0.3, -0.25) is 9.36 Å². The first-order chi connectivity index (χ1) is 17.8. The van der Waals surface area contributed by atoms with Crippen LogP contribution in [0.15, 0.2) is 79.1 Å². The largest absolute Gasteiger partial charge is 0.495 e. The normalized spacial score (nSPS) is 15.2. The molecule has 0 radical (unpaired) electrons. The number of nitrogens with zero attached hydrogens (tertiary/aromatic N) is 2. The predicted octanol–water partition coefficient (Wildman–Crippen LogP) is 4.90. The molecule has 1 aliphatic heterocycles. The zero-order valence-electron chi connectivity index (χ0n) is 20.4. The van der Waals surface area contributed by atoms with Crippen molar-refractivity contribution in [2.45, 2.75) is 19.9 Å². The number of hydrogen-bond donors (Lipinski definition) is 0.